The largest absolute Gasteiger partial charge is 0.363 e. The number of hydrogen-bond donors (Lipinski definition) is 0. The second-order valence-corrected chi connectivity index (χ2v) is 8.43. The van der Waals surface area contributed by atoms with Crippen LogP contribution < -0.4 is 0 Å². The van der Waals surface area contributed by atoms with Gasteiger partial charge in [-0.3, -0.25) is 0 Å². The van der Waals surface area contributed by atoms with Crippen molar-refractivity contribution in [2.75, 3.05) is 0 Å². The summed E-state index contributed by atoms with van der Waals surface area (Å²) in [6.45, 7) is 0.465. The molecule has 0 bridgehead atoms. The standard InChI is InChI=1S/C31H25N3O/c1-34-22-33-20-30(34)31(35-21-23-10-4-2-5-11-23)25-16-17-26(19-32)29(18-25)28-15-9-8-14-27(28)24-12-6-3-7-13-24/h2-18,20,22,31H,21H2,1H3. The molecule has 4 nitrogen and oxygen atoms in total. The van der Waals surface area contributed by atoms with Crippen molar-refractivity contribution in [3.63, 3.8) is 0 Å². The minimum Gasteiger partial charge on any atom is -0.363 e. The maximum Gasteiger partial charge on any atom is 0.124 e. The number of hydrogen-bond acceptors (Lipinski definition) is 3. The number of nitrogens with zero attached hydrogens (tertiary/aromatic N) is 3. The van der Waals surface area contributed by atoms with Gasteiger partial charge >= 0.3 is 0 Å². The first-order valence-electron chi connectivity index (χ1n) is 11.5. The minimum atomic E-state index is -0.335. The van der Waals surface area contributed by atoms with Crippen molar-refractivity contribution in [3.05, 3.63) is 138 Å². The monoisotopic (exact) mass is 455 g/mol. The molecule has 0 aliphatic carbocycles. The first-order valence-corrected chi connectivity index (χ1v) is 11.5. The molecule has 0 fully saturated rings. The molecule has 1 aromatic heterocycles. The molecular formula is C31H25N3O. The number of benzene rings is 4. The van der Waals surface area contributed by atoms with E-state index in [4.69, 9.17) is 4.74 Å². The molecule has 5 aromatic rings. The average molecular weight is 456 g/mol. The molecule has 0 saturated carbocycles. The van der Waals surface area contributed by atoms with Crippen LogP contribution in [0.5, 0.6) is 0 Å². The average Bonchev–Trinajstić information content (AvgIpc) is 3.35. The normalized spacial score (nSPS) is 11.7. The van der Waals surface area contributed by atoms with Gasteiger partial charge in [-0.25, -0.2) is 4.98 Å². The molecule has 0 aliphatic rings. The van der Waals surface area contributed by atoms with Crippen molar-refractivity contribution < 1.29 is 4.74 Å². The zero-order valence-electron chi connectivity index (χ0n) is 19.5. The maximum absolute atomic E-state index is 9.96. The Bertz CT molecular complexity index is 1470. The van der Waals surface area contributed by atoms with Crippen LogP contribution >= 0.6 is 0 Å². The first kappa shape index (κ1) is 22.3. The summed E-state index contributed by atoms with van der Waals surface area (Å²) < 4.78 is 8.45. The predicted molar refractivity (Wildman–Crippen MR) is 138 cm³/mol. The van der Waals surface area contributed by atoms with Gasteiger partial charge in [0.2, 0.25) is 0 Å². The Morgan fingerprint density at radius 1 is 0.829 bits per heavy atom. The Morgan fingerprint density at radius 2 is 1.51 bits per heavy atom. The fourth-order valence-corrected chi connectivity index (χ4v) is 4.36. The lowest BCUT2D eigenvalue weighted by Crippen LogP contribution is -2.11. The van der Waals surface area contributed by atoms with Gasteiger partial charge in [0, 0.05) is 12.6 Å². The molecule has 1 unspecified atom stereocenters. The fourth-order valence-electron chi connectivity index (χ4n) is 4.36. The summed E-state index contributed by atoms with van der Waals surface area (Å²) in [5.74, 6) is 0. The summed E-state index contributed by atoms with van der Waals surface area (Å²) in [6.07, 6.45) is 3.28. The van der Waals surface area contributed by atoms with Crippen LogP contribution in [0.25, 0.3) is 22.3 Å². The molecule has 35 heavy (non-hydrogen) atoms. The molecule has 1 heterocycles. The van der Waals surface area contributed by atoms with Crippen molar-refractivity contribution >= 4 is 0 Å². The van der Waals surface area contributed by atoms with Crippen LogP contribution in [-0.4, -0.2) is 9.55 Å². The Morgan fingerprint density at radius 3 is 2.20 bits per heavy atom. The summed E-state index contributed by atoms with van der Waals surface area (Å²) in [4.78, 5) is 4.32. The minimum absolute atomic E-state index is 0.335. The van der Waals surface area contributed by atoms with Crippen LogP contribution in [0.15, 0.2) is 116 Å². The molecule has 0 amide bonds. The van der Waals surface area contributed by atoms with Gasteiger partial charge in [0.25, 0.3) is 0 Å². The molecule has 0 radical (unpaired) electrons. The highest BCUT2D eigenvalue weighted by atomic mass is 16.5. The van der Waals surface area contributed by atoms with E-state index < -0.39 is 0 Å². The number of ether oxygens (including phenoxy) is 1. The smallest absolute Gasteiger partial charge is 0.124 e. The molecule has 4 heteroatoms. The summed E-state index contributed by atoms with van der Waals surface area (Å²) in [5.41, 5.74) is 7.76. The Labute approximate surface area is 205 Å². The fraction of sp³-hybridized carbons (Fsp3) is 0.0968. The summed E-state index contributed by atoms with van der Waals surface area (Å²) >= 11 is 0. The van der Waals surface area contributed by atoms with Gasteiger partial charge in [-0.05, 0) is 39.9 Å². The van der Waals surface area contributed by atoms with Gasteiger partial charge in [-0.2, -0.15) is 5.26 Å². The number of rotatable bonds is 7. The summed E-state index contributed by atoms with van der Waals surface area (Å²) in [5, 5.41) is 9.96. The predicted octanol–water partition coefficient (Wildman–Crippen LogP) is 6.93. The lowest BCUT2D eigenvalue weighted by molar-refractivity contribution is 0.0622. The zero-order chi connectivity index (χ0) is 24.0. The van der Waals surface area contributed by atoms with Gasteiger partial charge < -0.3 is 9.30 Å². The third kappa shape index (κ3) is 4.77. The van der Waals surface area contributed by atoms with E-state index in [1.165, 1.54) is 0 Å². The van der Waals surface area contributed by atoms with Gasteiger partial charge in [-0.1, -0.05) is 91.0 Å². The van der Waals surface area contributed by atoms with Crippen LogP contribution in [0.1, 0.15) is 28.5 Å². The second kappa shape index (κ2) is 10.2. The molecule has 0 saturated heterocycles. The highest BCUT2D eigenvalue weighted by molar-refractivity contribution is 5.86. The first-order chi connectivity index (χ1) is 17.2. The third-order valence-electron chi connectivity index (χ3n) is 6.15. The van der Waals surface area contributed by atoms with Crippen molar-refractivity contribution in [2.45, 2.75) is 12.7 Å². The number of imidazole rings is 1. The third-order valence-corrected chi connectivity index (χ3v) is 6.15. The summed E-state index contributed by atoms with van der Waals surface area (Å²) in [7, 11) is 1.97. The Hall–Kier alpha value is -4.46. The van der Waals surface area contributed by atoms with Gasteiger partial charge in [0.05, 0.1) is 36.5 Å². The van der Waals surface area contributed by atoms with E-state index in [1.54, 1.807) is 6.33 Å². The molecule has 170 valence electrons. The Balaban J connectivity index is 1.60. The molecule has 0 N–H and O–H groups in total. The topological polar surface area (TPSA) is 50.8 Å². The molecule has 1 atom stereocenters. The quantitative estimate of drug-likeness (QED) is 0.267. The van der Waals surface area contributed by atoms with E-state index in [-0.39, 0.29) is 6.10 Å². The van der Waals surface area contributed by atoms with Crippen LogP contribution in [0.2, 0.25) is 0 Å². The number of aromatic nitrogens is 2. The van der Waals surface area contributed by atoms with Crippen molar-refractivity contribution in [2.24, 2.45) is 7.05 Å². The summed E-state index contributed by atoms with van der Waals surface area (Å²) in [6, 6.07) is 37.0. The van der Waals surface area contributed by atoms with Crippen LogP contribution in [0, 0.1) is 11.3 Å². The molecule has 0 spiro atoms. The van der Waals surface area contributed by atoms with E-state index >= 15 is 0 Å². The molecule has 0 aliphatic heterocycles. The number of aryl methyl sites for hydroxylation is 1. The maximum atomic E-state index is 9.96. The van der Waals surface area contributed by atoms with Crippen molar-refractivity contribution in [1.82, 2.24) is 9.55 Å². The van der Waals surface area contributed by atoms with Gasteiger partial charge in [0.1, 0.15) is 6.10 Å². The van der Waals surface area contributed by atoms with E-state index in [9.17, 15) is 5.26 Å². The highest BCUT2D eigenvalue weighted by Crippen LogP contribution is 2.37. The zero-order valence-corrected chi connectivity index (χ0v) is 19.5. The van der Waals surface area contributed by atoms with Gasteiger partial charge in [0.15, 0.2) is 0 Å². The van der Waals surface area contributed by atoms with E-state index in [2.05, 4.69) is 53.5 Å². The lowest BCUT2D eigenvalue weighted by atomic mass is 9.90. The van der Waals surface area contributed by atoms with Crippen LogP contribution in [-0.2, 0) is 18.4 Å². The van der Waals surface area contributed by atoms with Crippen molar-refractivity contribution in [1.29, 1.82) is 5.26 Å². The van der Waals surface area contributed by atoms with E-state index in [0.29, 0.717) is 12.2 Å². The Kier molecular flexibility index (Phi) is 6.52. The molecule has 5 rings (SSSR count). The van der Waals surface area contributed by atoms with Gasteiger partial charge in [-0.15, -0.1) is 0 Å². The SMILES string of the molecule is Cn1cncc1C(OCc1ccccc1)c1ccc(C#N)c(-c2ccccc2-c2ccccc2)c1. The highest BCUT2D eigenvalue weighted by Gasteiger charge is 2.21. The van der Waals surface area contributed by atoms with Crippen molar-refractivity contribution in [3.8, 4) is 28.3 Å². The van der Waals surface area contributed by atoms with Crippen LogP contribution in [0.4, 0.5) is 0 Å². The lowest BCUT2D eigenvalue weighted by Gasteiger charge is -2.21. The van der Waals surface area contributed by atoms with E-state index in [0.717, 1.165) is 39.1 Å². The van der Waals surface area contributed by atoms with Crippen LogP contribution in [0.3, 0.4) is 0 Å². The molecule has 4 aromatic carbocycles. The number of nitriles is 1. The second-order valence-electron chi connectivity index (χ2n) is 8.43. The molecular weight excluding hydrogens is 430 g/mol. The van der Waals surface area contributed by atoms with E-state index in [1.807, 2.05) is 78.5 Å².